The summed E-state index contributed by atoms with van der Waals surface area (Å²) in [4.78, 5) is 0. The van der Waals surface area contributed by atoms with Gasteiger partial charge in [-0.15, -0.1) is 0 Å². The Morgan fingerprint density at radius 1 is 0.674 bits per heavy atom. The number of unbranched alkanes of at least 4 members (excludes halogenated alkanes) is 2. The first-order valence-corrected chi connectivity index (χ1v) is 17.4. The van der Waals surface area contributed by atoms with Crippen LogP contribution in [0.25, 0.3) is 0 Å². The molecule has 1 saturated heterocycles. The highest BCUT2D eigenvalue weighted by atomic mass is 19.3. The van der Waals surface area contributed by atoms with Gasteiger partial charge in [0.05, 0.1) is 31.2 Å². The van der Waals surface area contributed by atoms with Gasteiger partial charge >= 0.3 is 12.2 Å². The Hall–Kier alpha value is -1.59. The van der Waals surface area contributed by atoms with Crippen LogP contribution in [0.4, 0.5) is 30.7 Å². The fourth-order valence-electron chi connectivity index (χ4n) is 8.16. The molecule has 0 bridgehead atoms. The van der Waals surface area contributed by atoms with Gasteiger partial charge in [-0.2, -0.15) is 17.6 Å². The summed E-state index contributed by atoms with van der Waals surface area (Å²) in [5.74, 6) is -6.32. The van der Waals surface area contributed by atoms with Crippen molar-refractivity contribution in [2.24, 2.45) is 35.5 Å². The van der Waals surface area contributed by atoms with E-state index in [0.29, 0.717) is 48.6 Å². The maximum atomic E-state index is 15.2. The van der Waals surface area contributed by atoms with Crippen LogP contribution in [0.3, 0.4) is 0 Å². The van der Waals surface area contributed by atoms with Crippen molar-refractivity contribution in [1.82, 2.24) is 0 Å². The van der Waals surface area contributed by atoms with Crippen LogP contribution in [-0.4, -0.2) is 37.8 Å². The molecule has 46 heavy (non-hydrogen) atoms. The zero-order chi connectivity index (χ0) is 32.9. The minimum atomic E-state index is -3.81. The predicted molar refractivity (Wildman–Crippen MR) is 158 cm³/mol. The molecule has 1 aromatic rings. The van der Waals surface area contributed by atoms with E-state index in [-0.39, 0.29) is 32.0 Å². The molecular formula is C35H49F7O4. The largest absolute Gasteiger partial charge is 0.432 e. The third-order valence-electron chi connectivity index (χ3n) is 11.0. The summed E-state index contributed by atoms with van der Waals surface area (Å²) in [6.07, 6.45) is 2.77. The minimum absolute atomic E-state index is 0.0160. The van der Waals surface area contributed by atoms with E-state index in [4.69, 9.17) is 14.2 Å². The van der Waals surface area contributed by atoms with Crippen molar-refractivity contribution in [3.8, 4) is 5.75 Å². The molecule has 0 aromatic heterocycles. The van der Waals surface area contributed by atoms with Crippen LogP contribution >= 0.6 is 0 Å². The second-order valence-electron chi connectivity index (χ2n) is 14.2. The van der Waals surface area contributed by atoms with Crippen molar-refractivity contribution in [2.75, 3.05) is 13.2 Å². The molecule has 0 spiro atoms. The van der Waals surface area contributed by atoms with E-state index in [1.165, 1.54) is 19.3 Å². The molecule has 4 fully saturated rings. The lowest BCUT2D eigenvalue weighted by Crippen LogP contribution is -2.42. The highest BCUT2D eigenvalue weighted by molar-refractivity contribution is 5.25. The minimum Gasteiger partial charge on any atom is -0.432 e. The molecule has 0 N–H and O–H groups in total. The van der Waals surface area contributed by atoms with Crippen molar-refractivity contribution in [3.05, 3.63) is 29.6 Å². The van der Waals surface area contributed by atoms with Gasteiger partial charge in [-0.1, -0.05) is 26.2 Å². The summed E-state index contributed by atoms with van der Waals surface area (Å²) >= 11 is 0. The molecule has 4 nitrogen and oxygen atoms in total. The first-order valence-electron chi connectivity index (χ1n) is 17.4. The first kappa shape index (κ1) is 35.7. The van der Waals surface area contributed by atoms with Crippen LogP contribution in [0.1, 0.15) is 110 Å². The highest BCUT2D eigenvalue weighted by Gasteiger charge is 2.49. The molecule has 0 radical (unpaired) electrons. The Labute approximate surface area is 268 Å². The molecule has 5 rings (SSSR count). The topological polar surface area (TPSA) is 36.9 Å². The fraction of sp³-hybridized carbons (Fsp3) is 0.829. The van der Waals surface area contributed by atoms with Crippen molar-refractivity contribution >= 4 is 0 Å². The average Bonchev–Trinajstić information content (AvgIpc) is 3.04. The van der Waals surface area contributed by atoms with Gasteiger partial charge < -0.3 is 18.9 Å². The number of halogens is 7. The van der Waals surface area contributed by atoms with Crippen molar-refractivity contribution in [3.63, 3.8) is 0 Å². The molecule has 3 aliphatic carbocycles. The van der Waals surface area contributed by atoms with E-state index in [1.807, 2.05) is 0 Å². The Morgan fingerprint density at radius 3 is 1.74 bits per heavy atom. The van der Waals surface area contributed by atoms with E-state index >= 15 is 8.78 Å². The maximum Gasteiger partial charge on any atom is 0.400 e. The van der Waals surface area contributed by atoms with Gasteiger partial charge in [-0.05, 0) is 95.3 Å². The van der Waals surface area contributed by atoms with Crippen LogP contribution in [0.2, 0.25) is 0 Å². The maximum absolute atomic E-state index is 15.2. The second kappa shape index (κ2) is 15.7. The zero-order valence-electron chi connectivity index (χ0n) is 26.8. The molecule has 0 unspecified atom stereocenters. The molecule has 0 amide bonds. The molecule has 0 atom stereocenters. The summed E-state index contributed by atoms with van der Waals surface area (Å²) in [5, 5.41) is 0. The van der Waals surface area contributed by atoms with Gasteiger partial charge in [0.25, 0.3) is 0 Å². The molecular weight excluding hydrogens is 617 g/mol. The van der Waals surface area contributed by atoms with E-state index in [0.717, 1.165) is 58.2 Å². The smallest absolute Gasteiger partial charge is 0.400 e. The van der Waals surface area contributed by atoms with Gasteiger partial charge in [-0.25, -0.2) is 13.2 Å². The monoisotopic (exact) mass is 666 g/mol. The molecule has 1 aliphatic heterocycles. The standard InChI is InChI=1S/C35H49F7O4/c1-2-3-4-5-22-20-43-33(44-21-22)25-8-6-23(7-9-25)24-10-12-26(13-11-24)34(39,40)45-28-16-14-27(15-17-28)35(41,42)46-29-18-30(36)32(38)31(37)19-29/h18-19,22-28,33H,2-17,20-21H2,1H3. The van der Waals surface area contributed by atoms with Gasteiger partial charge in [0.15, 0.2) is 23.7 Å². The number of ether oxygens (including phenoxy) is 4. The van der Waals surface area contributed by atoms with Crippen LogP contribution in [0.15, 0.2) is 12.1 Å². The SMILES string of the molecule is CCCCCC1COC(C2CCC(C3CCC(C(F)(F)OC4CCC(C(F)(F)Oc5cc(F)c(F)c(F)c5)CC4)CC3)CC2)OC1. The summed E-state index contributed by atoms with van der Waals surface area (Å²) in [6.45, 7) is 3.76. The Morgan fingerprint density at radius 2 is 1.17 bits per heavy atom. The van der Waals surface area contributed by atoms with Crippen LogP contribution < -0.4 is 4.74 Å². The third kappa shape index (κ3) is 9.10. The Bertz CT molecular complexity index is 1070. The molecule has 1 heterocycles. The molecule has 4 aliphatic rings. The fourth-order valence-corrected chi connectivity index (χ4v) is 8.16. The summed E-state index contributed by atoms with van der Waals surface area (Å²) < 4.78 is 122. The average molecular weight is 667 g/mol. The van der Waals surface area contributed by atoms with Gasteiger partial charge in [0.2, 0.25) is 0 Å². The summed E-state index contributed by atoms with van der Waals surface area (Å²) in [5.41, 5.74) is 0. The van der Waals surface area contributed by atoms with Crippen molar-refractivity contribution in [1.29, 1.82) is 0 Å². The Balaban J connectivity index is 1.00. The Kier molecular flexibility index (Phi) is 12.2. The lowest BCUT2D eigenvalue weighted by molar-refractivity contribution is -0.306. The lowest BCUT2D eigenvalue weighted by Gasteiger charge is -2.42. The van der Waals surface area contributed by atoms with E-state index in [2.05, 4.69) is 11.7 Å². The predicted octanol–water partition coefficient (Wildman–Crippen LogP) is 10.4. The number of benzene rings is 1. The number of rotatable bonds is 12. The lowest BCUT2D eigenvalue weighted by atomic mass is 9.69. The van der Waals surface area contributed by atoms with Gasteiger partial charge in [-0.3, -0.25) is 0 Å². The molecule has 3 saturated carbocycles. The summed E-state index contributed by atoms with van der Waals surface area (Å²) in [6, 6.07) is 0.707. The second-order valence-corrected chi connectivity index (χ2v) is 14.2. The quantitative estimate of drug-likeness (QED) is 0.126. The van der Waals surface area contributed by atoms with E-state index < -0.39 is 53.4 Å². The van der Waals surface area contributed by atoms with Crippen molar-refractivity contribution in [2.45, 2.75) is 134 Å². The first-order chi connectivity index (χ1) is 21.9. The number of alkyl halides is 4. The molecule has 262 valence electrons. The van der Waals surface area contributed by atoms with Gasteiger partial charge in [0, 0.05) is 24.0 Å². The van der Waals surface area contributed by atoms with Gasteiger partial charge in [0.1, 0.15) is 5.75 Å². The number of hydrogen-bond donors (Lipinski definition) is 0. The number of hydrogen-bond acceptors (Lipinski definition) is 4. The normalized spacial score (nSPS) is 33.1. The summed E-state index contributed by atoms with van der Waals surface area (Å²) in [7, 11) is 0. The van der Waals surface area contributed by atoms with Crippen LogP contribution in [0, 0.1) is 53.0 Å². The van der Waals surface area contributed by atoms with E-state index in [1.54, 1.807) is 0 Å². The highest BCUT2D eigenvalue weighted by Crippen LogP contribution is 2.48. The van der Waals surface area contributed by atoms with Crippen LogP contribution in [0.5, 0.6) is 5.75 Å². The van der Waals surface area contributed by atoms with Crippen LogP contribution in [-0.2, 0) is 14.2 Å². The zero-order valence-corrected chi connectivity index (χ0v) is 26.8. The third-order valence-corrected chi connectivity index (χ3v) is 11.0. The molecule has 11 heteroatoms. The van der Waals surface area contributed by atoms with E-state index in [9.17, 15) is 22.0 Å². The molecule has 1 aromatic carbocycles. The van der Waals surface area contributed by atoms with Crippen molar-refractivity contribution < 1.29 is 49.7 Å².